The van der Waals surface area contributed by atoms with Gasteiger partial charge in [-0.2, -0.15) is 0 Å². The third kappa shape index (κ3) is 4.63. The fourth-order valence-corrected chi connectivity index (χ4v) is 2.67. The molecule has 0 saturated heterocycles. The van der Waals surface area contributed by atoms with Crippen molar-refractivity contribution in [1.82, 2.24) is 0 Å². The number of ether oxygens (including phenoxy) is 1. The van der Waals surface area contributed by atoms with E-state index in [1.165, 1.54) is 64.2 Å². The molecule has 0 heterocycles. The molecule has 2 saturated carbocycles. The maximum Gasteiger partial charge on any atom is 0.0578 e. The van der Waals surface area contributed by atoms with Gasteiger partial charge in [0.05, 0.1) is 12.2 Å². The van der Waals surface area contributed by atoms with Crippen LogP contribution in [0.5, 0.6) is 0 Å². The van der Waals surface area contributed by atoms with Crippen molar-refractivity contribution < 1.29 is 4.74 Å². The first-order valence-electron chi connectivity index (χ1n) is 6.10. The molecule has 14 heavy (non-hydrogen) atoms. The summed E-state index contributed by atoms with van der Waals surface area (Å²) in [5.41, 5.74) is 0. The Labute approximate surface area is 131 Å². The van der Waals surface area contributed by atoms with Crippen molar-refractivity contribution in [3.8, 4) is 0 Å². The van der Waals surface area contributed by atoms with Crippen molar-refractivity contribution in [3.63, 3.8) is 0 Å². The smallest absolute Gasteiger partial charge is 0.0578 e. The van der Waals surface area contributed by atoms with Crippen molar-refractivity contribution in [2.45, 2.75) is 76.4 Å². The van der Waals surface area contributed by atoms with Gasteiger partial charge in [0.1, 0.15) is 0 Å². The number of rotatable bonds is 2. The Morgan fingerprint density at radius 3 is 1.29 bits per heavy atom. The molecule has 0 aromatic carbocycles. The van der Waals surface area contributed by atoms with Gasteiger partial charge >= 0.3 is 0 Å². The van der Waals surface area contributed by atoms with Crippen LogP contribution in [-0.4, -0.2) is 63.6 Å². The molecule has 2 aliphatic carbocycles. The van der Waals surface area contributed by atoms with Crippen molar-refractivity contribution in [3.05, 3.63) is 0 Å². The minimum Gasteiger partial charge on any atom is -0.375 e. The van der Waals surface area contributed by atoms with Crippen molar-refractivity contribution in [2.24, 2.45) is 0 Å². The summed E-state index contributed by atoms with van der Waals surface area (Å²) in [6.07, 6.45) is 15.0. The third-order valence-electron chi connectivity index (χ3n) is 3.49. The molecule has 1 radical (unpaired) electrons. The Hall–Kier alpha value is 1.60. The fourth-order valence-electron chi connectivity index (χ4n) is 2.67. The van der Waals surface area contributed by atoms with Gasteiger partial charge in [-0.3, -0.25) is 0 Å². The van der Waals surface area contributed by atoms with Gasteiger partial charge in [-0.1, -0.05) is 38.5 Å². The maximum absolute atomic E-state index is 6.13. The van der Waals surface area contributed by atoms with Gasteiger partial charge in [-0.15, -0.1) is 0 Å². The van der Waals surface area contributed by atoms with Crippen LogP contribution in [0.2, 0.25) is 0 Å². The first kappa shape index (κ1) is 13.7. The molecule has 2 rings (SSSR count). The Morgan fingerprint density at radius 2 is 0.929 bits per heavy atom. The van der Waals surface area contributed by atoms with Crippen LogP contribution in [0.3, 0.4) is 0 Å². The zero-order chi connectivity index (χ0) is 8.93. The second-order valence-corrected chi connectivity index (χ2v) is 4.66. The topological polar surface area (TPSA) is 9.23 Å². The molecule has 1 nitrogen and oxygen atoms in total. The minimum atomic E-state index is 0. The van der Waals surface area contributed by atoms with Crippen LogP contribution < -0.4 is 0 Å². The van der Waals surface area contributed by atoms with Crippen LogP contribution in [0.25, 0.3) is 0 Å². The van der Waals surface area contributed by atoms with Crippen LogP contribution in [0.1, 0.15) is 64.2 Å². The average molecular weight is 221 g/mol. The molecule has 0 bridgehead atoms. The van der Waals surface area contributed by atoms with E-state index in [9.17, 15) is 0 Å². The van der Waals surface area contributed by atoms with E-state index in [-0.39, 0.29) is 51.4 Å². The standard InChI is InChI=1S/C12H22O.K/c1-3-7-11(8-4-1)13-12-9-5-2-6-10-12;/h11-12H,1-10H2;. The van der Waals surface area contributed by atoms with Crippen LogP contribution in [0.15, 0.2) is 0 Å². The second-order valence-electron chi connectivity index (χ2n) is 4.66. The largest absolute Gasteiger partial charge is 0.375 e. The summed E-state index contributed by atoms with van der Waals surface area (Å²) in [6, 6.07) is 0. The van der Waals surface area contributed by atoms with Gasteiger partial charge in [0, 0.05) is 51.4 Å². The summed E-state index contributed by atoms with van der Waals surface area (Å²) in [6.45, 7) is 0. The van der Waals surface area contributed by atoms with Crippen molar-refractivity contribution >= 4 is 51.4 Å². The first-order chi connectivity index (χ1) is 6.45. The summed E-state index contributed by atoms with van der Waals surface area (Å²) in [5.74, 6) is 0. The molecule has 2 heteroatoms. The zero-order valence-corrected chi connectivity index (χ0v) is 12.8. The molecule has 2 fully saturated rings. The van der Waals surface area contributed by atoms with Crippen LogP contribution >= 0.6 is 0 Å². The Balaban J connectivity index is 0.000000980. The average Bonchev–Trinajstić information content (AvgIpc) is 2.21. The van der Waals surface area contributed by atoms with E-state index in [0.29, 0.717) is 12.2 Å². The Morgan fingerprint density at radius 1 is 0.571 bits per heavy atom. The molecule has 77 valence electrons. The summed E-state index contributed by atoms with van der Waals surface area (Å²) >= 11 is 0. The molecule has 0 atom stereocenters. The van der Waals surface area contributed by atoms with Gasteiger partial charge in [0.2, 0.25) is 0 Å². The molecule has 0 N–H and O–H groups in total. The van der Waals surface area contributed by atoms with Gasteiger partial charge in [0.15, 0.2) is 0 Å². The van der Waals surface area contributed by atoms with Crippen molar-refractivity contribution in [1.29, 1.82) is 0 Å². The second kappa shape index (κ2) is 7.80. The van der Waals surface area contributed by atoms with E-state index < -0.39 is 0 Å². The summed E-state index contributed by atoms with van der Waals surface area (Å²) in [5, 5.41) is 0. The fraction of sp³-hybridized carbons (Fsp3) is 1.00. The Kier molecular flexibility index (Phi) is 7.61. The van der Waals surface area contributed by atoms with Crippen molar-refractivity contribution in [2.75, 3.05) is 0 Å². The normalized spacial score (nSPS) is 25.7. The molecule has 0 aromatic rings. The van der Waals surface area contributed by atoms with E-state index in [0.717, 1.165) is 0 Å². The van der Waals surface area contributed by atoms with Crippen LogP contribution in [0, 0.1) is 0 Å². The molecular formula is C12H22KO. The minimum absolute atomic E-state index is 0. The predicted octanol–water partition coefficient (Wildman–Crippen LogP) is 3.29. The third-order valence-corrected chi connectivity index (χ3v) is 3.49. The Bertz CT molecular complexity index is 121. The molecule has 0 aromatic heterocycles. The first-order valence-corrected chi connectivity index (χ1v) is 6.10. The molecule has 0 aliphatic heterocycles. The van der Waals surface area contributed by atoms with Gasteiger partial charge < -0.3 is 4.74 Å². The van der Waals surface area contributed by atoms with Crippen LogP contribution in [0.4, 0.5) is 0 Å². The molecule has 2 aliphatic rings. The van der Waals surface area contributed by atoms with E-state index in [1.54, 1.807) is 0 Å². The van der Waals surface area contributed by atoms with Gasteiger partial charge in [0.25, 0.3) is 0 Å². The number of hydrogen-bond donors (Lipinski definition) is 0. The van der Waals surface area contributed by atoms with E-state index in [2.05, 4.69) is 0 Å². The van der Waals surface area contributed by atoms with E-state index in [4.69, 9.17) is 4.74 Å². The van der Waals surface area contributed by atoms with Crippen LogP contribution in [-0.2, 0) is 4.74 Å². The molecule has 0 unspecified atom stereocenters. The van der Waals surface area contributed by atoms with E-state index in [1.807, 2.05) is 0 Å². The maximum atomic E-state index is 6.13. The zero-order valence-electron chi connectivity index (χ0n) is 9.63. The number of hydrogen-bond acceptors (Lipinski definition) is 1. The SMILES string of the molecule is C1CCC(OC2CCCCC2)CC1.[K]. The summed E-state index contributed by atoms with van der Waals surface area (Å²) < 4.78 is 6.13. The molecular weight excluding hydrogens is 199 g/mol. The van der Waals surface area contributed by atoms with Gasteiger partial charge in [-0.25, -0.2) is 0 Å². The molecule has 0 spiro atoms. The summed E-state index contributed by atoms with van der Waals surface area (Å²) in [7, 11) is 0. The van der Waals surface area contributed by atoms with Gasteiger partial charge in [-0.05, 0) is 25.7 Å². The predicted molar refractivity (Wildman–Crippen MR) is 60.6 cm³/mol. The molecule has 0 amide bonds. The summed E-state index contributed by atoms with van der Waals surface area (Å²) in [4.78, 5) is 0. The van der Waals surface area contributed by atoms with E-state index >= 15 is 0 Å². The quantitative estimate of drug-likeness (QED) is 0.650. The monoisotopic (exact) mass is 221 g/mol.